The number of carbonyl (C=O) groups excluding carboxylic acids is 1. The highest BCUT2D eigenvalue weighted by atomic mass is 32.2. The molecule has 1 aliphatic heterocycles. The maximum absolute atomic E-state index is 12.8. The summed E-state index contributed by atoms with van der Waals surface area (Å²) in [4.78, 5) is 13.0. The molecule has 1 atom stereocenters. The van der Waals surface area contributed by atoms with Gasteiger partial charge < -0.3 is 10.1 Å². The van der Waals surface area contributed by atoms with Gasteiger partial charge in [0.25, 0.3) is 0 Å². The summed E-state index contributed by atoms with van der Waals surface area (Å²) >= 11 is 0. The van der Waals surface area contributed by atoms with Crippen LogP contribution in [0.5, 0.6) is 0 Å². The highest BCUT2D eigenvalue weighted by Gasteiger charge is 2.72. The number of nitrogens with one attached hydrogen (secondary N) is 1. The van der Waals surface area contributed by atoms with Crippen LogP contribution in [0.15, 0.2) is 29.2 Å². The lowest BCUT2D eigenvalue weighted by Crippen LogP contribution is -2.40. The third kappa shape index (κ3) is 2.94. The molecule has 0 radical (unpaired) electrons. The van der Waals surface area contributed by atoms with Crippen LogP contribution in [0, 0.1) is 22.2 Å². The van der Waals surface area contributed by atoms with Crippen molar-refractivity contribution in [3.8, 4) is 6.07 Å². The monoisotopic (exact) mass is 389 g/mol. The maximum atomic E-state index is 12.8. The van der Waals surface area contributed by atoms with E-state index in [2.05, 4.69) is 11.4 Å². The number of ether oxygens (including phenoxy) is 1. The lowest BCUT2D eigenvalue weighted by molar-refractivity contribution is -0.120. The third-order valence-corrected chi connectivity index (χ3v) is 8.12. The molecule has 1 heterocycles. The summed E-state index contributed by atoms with van der Waals surface area (Å²) in [5.74, 6) is -0.312. The zero-order valence-corrected chi connectivity index (χ0v) is 15.9. The van der Waals surface area contributed by atoms with E-state index in [-0.39, 0.29) is 16.2 Å². The van der Waals surface area contributed by atoms with Crippen molar-refractivity contribution in [3.63, 3.8) is 0 Å². The Balaban J connectivity index is 1.53. The van der Waals surface area contributed by atoms with E-state index in [0.29, 0.717) is 38.4 Å². The Morgan fingerprint density at radius 3 is 2.59 bits per heavy atom. The minimum Gasteiger partial charge on any atom is -0.379 e. The molecule has 2 saturated carbocycles. The van der Waals surface area contributed by atoms with Gasteiger partial charge in [0, 0.05) is 24.2 Å². The van der Waals surface area contributed by atoms with E-state index in [9.17, 15) is 18.5 Å². The molecule has 144 valence electrons. The second-order valence-electron chi connectivity index (χ2n) is 7.68. The van der Waals surface area contributed by atoms with Gasteiger partial charge in [-0.1, -0.05) is 18.9 Å². The molecule has 0 unspecified atom stereocenters. The summed E-state index contributed by atoms with van der Waals surface area (Å²) in [7, 11) is -3.63. The molecule has 27 heavy (non-hydrogen) atoms. The quantitative estimate of drug-likeness (QED) is 0.850. The lowest BCUT2D eigenvalue weighted by atomic mass is 9.91. The number of sulfonamides is 1. The van der Waals surface area contributed by atoms with Crippen LogP contribution in [0.1, 0.15) is 32.1 Å². The van der Waals surface area contributed by atoms with Gasteiger partial charge in [0.2, 0.25) is 15.9 Å². The fourth-order valence-electron chi connectivity index (χ4n) is 4.56. The minimum atomic E-state index is -3.63. The van der Waals surface area contributed by atoms with Gasteiger partial charge in [-0.15, -0.1) is 0 Å². The van der Waals surface area contributed by atoms with Crippen LogP contribution in [0.25, 0.3) is 0 Å². The molecule has 3 fully saturated rings. The van der Waals surface area contributed by atoms with E-state index in [4.69, 9.17) is 4.74 Å². The number of nitriles is 1. The van der Waals surface area contributed by atoms with Crippen molar-refractivity contribution in [1.82, 2.24) is 4.31 Å². The van der Waals surface area contributed by atoms with Gasteiger partial charge in [-0.25, -0.2) is 8.42 Å². The number of carbonyl (C=O) groups is 1. The molecule has 7 nitrogen and oxygen atoms in total. The highest BCUT2D eigenvalue weighted by molar-refractivity contribution is 7.89. The van der Waals surface area contributed by atoms with E-state index in [1.807, 2.05) is 0 Å². The Hall–Kier alpha value is -1.95. The van der Waals surface area contributed by atoms with Crippen molar-refractivity contribution >= 4 is 21.6 Å². The van der Waals surface area contributed by atoms with Crippen LogP contribution < -0.4 is 5.32 Å². The molecule has 4 rings (SSSR count). The Morgan fingerprint density at radius 2 is 1.93 bits per heavy atom. The number of benzene rings is 1. The number of hydrogen-bond donors (Lipinski definition) is 1. The van der Waals surface area contributed by atoms with Crippen LogP contribution in [0.2, 0.25) is 0 Å². The topological polar surface area (TPSA) is 99.5 Å². The fraction of sp³-hybridized carbons (Fsp3) is 0.579. The Labute approximate surface area is 159 Å². The highest BCUT2D eigenvalue weighted by Crippen LogP contribution is 2.71. The smallest absolute Gasteiger partial charge is 0.245 e. The van der Waals surface area contributed by atoms with Gasteiger partial charge in [0.15, 0.2) is 0 Å². The van der Waals surface area contributed by atoms with E-state index >= 15 is 0 Å². The third-order valence-electron chi connectivity index (χ3n) is 6.22. The number of hydrogen-bond acceptors (Lipinski definition) is 5. The number of rotatable bonds is 4. The van der Waals surface area contributed by atoms with Crippen LogP contribution in [0.3, 0.4) is 0 Å². The van der Waals surface area contributed by atoms with Crippen LogP contribution in [-0.2, 0) is 19.6 Å². The Kier molecular flexibility index (Phi) is 4.49. The van der Waals surface area contributed by atoms with Crippen molar-refractivity contribution in [2.75, 3.05) is 31.6 Å². The molecule has 1 N–H and O–H groups in total. The molecular formula is C19H23N3O4S. The molecule has 0 bridgehead atoms. The fourth-order valence-corrected chi connectivity index (χ4v) is 6.01. The molecule has 1 aromatic rings. The molecule has 0 aromatic heterocycles. The van der Waals surface area contributed by atoms with Crippen molar-refractivity contribution in [1.29, 1.82) is 5.26 Å². The second-order valence-corrected chi connectivity index (χ2v) is 9.62. The second kappa shape index (κ2) is 6.59. The Morgan fingerprint density at radius 1 is 1.22 bits per heavy atom. The summed E-state index contributed by atoms with van der Waals surface area (Å²) in [6, 6.07) is 8.51. The number of amides is 1. The van der Waals surface area contributed by atoms with Crippen LogP contribution in [-0.4, -0.2) is 44.9 Å². The Bertz CT molecular complexity index is 896. The van der Waals surface area contributed by atoms with Gasteiger partial charge in [0.1, 0.15) is 5.41 Å². The lowest BCUT2D eigenvalue weighted by Gasteiger charge is -2.26. The summed E-state index contributed by atoms with van der Waals surface area (Å²) in [6.07, 6.45) is 4.56. The van der Waals surface area contributed by atoms with Crippen LogP contribution >= 0.6 is 0 Å². The standard InChI is InChI=1S/C19H23N3O4S/c20-14-19(13-18(19)6-1-2-7-18)17(23)21-15-4-3-5-16(12-15)27(24,25)22-8-10-26-11-9-22/h3-5,12H,1-2,6-11,13H2,(H,21,23)/t19-/m1/s1. The maximum Gasteiger partial charge on any atom is 0.245 e. The largest absolute Gasteiger partial charge is 0.379 e. The van der Waals surface area contributed by atoms with Crippen molar-refractivity contribution in [2.24, 2.45) is 10.8 Å². The molecule has 8 heteroatoms. The van der Waals surface area contributed by atoms with Gasteiger partial charge in [-0.2, -0.15) is 9.57 Å². The van der Waals surface area contributed by atoms with E-state index < -0.39 is 15.4 Å². The summed E-state index contributed by atoms with van der Waals surface area (Å²) in [6.45, 7) is 1.39. The van der Waals surface area contributed by atoms with Gasteiger partial charge in [-0.05, 0) is 37.5 Å². The molecule has 1 aromatic carbocycles. The van der Waals surface area contributed by atoms with Crippen LogP contribution in [0.4, 0.5) is 5.69 Å². The normalized spacial score (nSPS) is 27.2. The predicted molar refractivity (Wildman–Crippen MR) is 98.2 cm³/mol. The summed E-state index contributed by atoms with van der Waals surface area (Å²) in [5, 5.41) is 12.5. The molecule has 1 saturated heterocycles. The molecule has 3 aliphatic rings. The minimum absolute atomic E-state index is 0.139. The van der Waals surface area contributed by atoms with Crippen molar-refractivity contribution in [2.45, 2.75) is 37.0 Å². The zero-order chi connectivity index (χ0) is 19.1. The van der Waals surface area contributed by atoms with Crippen molar-refractivity contribution < 1.29 is 17.9 Å². The van der Waals surface area contributed by atoms with Gasteiger partial charge in [0.05, 0.1) is 24.2 Å². The number of nitrogens with zero attached hydrogens (tertiary/aromatic N) is 2. The average Bonchev–Trinajstić information content (AvgIpc) is 3.08. The van der Waals surface area contributed by atoms with E-state index in [1.165, 1.54) is 16.4 Å². The summed E-state index contributed by atoms with van der Waals surface area (Å²) in [5.41, 5.74) is -0.740. The first-order valence-electron chi connectivity index (χ1n) is 9.34. The number of anilines is 1. The van der Waals surface area contributed by atoms with Gasteiger partial charge in [-0.3, -0.25) is 4.79 Å². The molecular weight excluding hydrogens is 366 g/mol. The average molecular weight is 389 g/mol. The van der Waals surface area contributed by atoms with Crippen molar-refractivity contribution in [3.05, 3.63) is 24.3 Å². The first-order valence-corrected chi connectivity index (χ1v) is 10.8. The first kappa shape index (κ1) is 18.4. The first-order chi connectivity index (χ1) is 12.9. The van der Waals surface area contributed by atoms with E-state index in [1.54, 1.807) is 12.1 Å². The SMILES string of the molecule is N#C[C@@]1(C(=O)Nc2cccc(S(=O)(=O)N3CCOCC3)c2)CC12CCCC2. The van der Waals surface area contributed by atoms with E-state index in [0.717, 1.165) is 25.7 Å². The molecule has 1 amide bonds. The van der Waals surface area contributed by atoms with Gasteiger partial charge >= 0.3 is 0 Å². The summed E-state index contributed by atoms with van der Waals surface area (Å²) < 4.78 is 32.2. The molecule has 1 spiro atoms. The predicted octanol–water partition coefficient (Wildman–Crippen LogP) is 2.12. The molecule has 2 aliphatic carbocycles. The number of morpholine rings is 1. The zero-order valence-electron chi connectivity index (χ0n) is 15.1.